The van der Waals surface area contributed by atoms with Gasteiger partial charge in [0.05, 0.1) is 11.5 Å². The third kappa shape index (κ3) is 2.80. The Kier molecular flexibility index (Phi) is 3.45. The molecule has 0 amide bonds. The SMILES string of the molecule is CC1CC1NS(=O)(=O)c1ccc(Cl)c(CO)c1. The van der Waals surface area contributed by atoms with Gasteiger partial charge in [-0.05, 0) is 36.1 Å². The van der Waals surface area contributed by atoms with E-state index in [1.807, 2.05) is 6.92 Å². The molecule has 0 heterocycles. The zero-order valence-electron chi connectivity index (χ0n) is 9.35. The fourth-order valence-electron chi connectivity index (χ4n) is 1.59. The summed E-state index contributed by atoms with van der Waals surface area (Å²) < 4.78 is 26.6. The molecule has 1 saturated carbocycles. The number of hydrogen-bond acceptors (Lipinski definition) is 3. The van der Waals surface area contributed by atoms with Gasteiger partial charge in [0.1, 0.15) is 0 Å². The summed E-state index contributed by atoms with van der Waals surface area (Å²) in [6, 6.07) is 4.36. The fourth-order valence-corrected chi connectivity index (χ4v) is 3.18. The third-order valence-electron chi connectivity index (χ3n) is 2.91. The van der Waals surface area contributed by atoms with Crippen molar-refractivity contribution in [2.24, 2.45) is 5.92 Å². The van der Waals surface area contributed by atoms with E-state index in [4.69, 9.17) is 16.7 Å². The van der Waals surface area contributed by atoms with Crippen molar-refractivity contribution in [1.29, 1.82) is 0 Å². The second-order valence-electron chi connectivity index (χ2n) is 4.35. The number of sulfonamides is 1. The van der Waals surface area contributed by atoms with Gasteiger partial charge in [0.25, 0.3) is 0 Å². The van der Waals surface area contributed by atoms with Crippen LogP contribution >= 0.6 is 11.6 Å². The fraction of sp³-hybridized carbons (Fsp3) is 0.455. The Morgan fingerprint density at radius 3 is 2.71 bits per heavy atom. The lowest BCUT2D eigenvalue weighted by atomic mass is 10.2. The Balaban J connectivity index is 2.26. The molecule has 1 fully saturated rings. The molecule has 0 aromatic heterocycles. The van der Waals surface area contributed by atoms with Gasteiger partial charge in [0, 0.05) is 11.1 Å². The maximum Gasteiger partial charge on any atom is 0.240 e. The molecule has 2 N–H and O–H groups in total. The van der Waals surface area contributed by atoms with E-state index in [1.165, 1.54) is 18.2 Å². The van der Waals surface area contributed by atoms with Crippen molar-refractivity contribution in [3.8, 4) is 0 Å². The number of benzene rings is 1. The van der Waals surface area contributed by atoms with E-state index in [0.29, 0.717) is 16.5 Å². The predicted octanol–water partition coefficient (Wildman–Crippen LogP) is 1.52. The highest BCUT2D eigenvalue weighted by Crippen LogP contribution is 2.31. The van der Waals surface area contributed by atoms with Crippen LogP contribution in [0.4, 0.5) is 0 Å². The van der Waals surface area contributed by atoms with Crippen molar-refractivity contribution in [3.63, 3.8) is 0 Å². The minimum absolute atomic E-state index is 0.0354. The molecule has 0 spiro atoms. The number of nitrogens with one attached hydrogen (secondary N) is 1. The summed E-state index contributed by atoms with van der Waals surface area (Å²) in [4.78, 5) is 0.144. The van der Waals surface area contributed by atoms with E-state index < -0.39 is 10.0 Å². The molecule has 1 aliphatic carbocycles. The summed E-state index contributed by atoms with van der Waals surface area (Å²) in [6.45, 7) is 1.72. The van der Waals surface area contributed by atoms with Crippen LogP contribution in [-0.4, -0.2) is 19.6 Å². The summed E-state index contributed by atoms with van der Waals surface area (Å²) in [6.07, 6.45) is 0.875. The molecule has 4 nitrogen and oxygen atoms in total. The van der Waals surface area contributed by atoms with Crippen molar-refractivity contribution >= 4 is 21.6 Å². The number of rotatable bonds is 4. The van der Waals surface area contributed by atoms with Gasteiger partial charge < -0.3 is 5.11 Å². The quantitative estimate of drug-likeness (QED) is 0.876. The molecule has 0 radical (unpaired) electrons. The molecular weight excluding hydrogens is 262 g/mol. The standard InChI is InChI=1S/C11H14ClNO3S/c1-7-4-11(7)13-17(15,16)9-2-3-10(12)8(5-9)6-14/h2-3,5,7,11,13-14H,4,6H2,1H3. The molecule has 6 heteroatoms. The second-order valence-corrected chi connectivity index (χ2v) is 6.47. The average Bonchev–Trinajstić information content (AvgIpc) is 2.93. The summed E-state index contributed by atoms with van der Waals surface area (Å²) >= 11 is 5.81. The molecule has 0 aliphatic heterocycles. The normalized spacial score (nSPS) is 23.7. The van der Waals surface area contributed by atoms with Gasteiger partial charge in [-0.2, -0.15) is 0 Å². The van der Waals surface area contributed by atoms with Crippen LogP contribution < -0.4 is 4.72 Å². The van der Waals surface area contributed by atoms with Gasteiger partial charge >= 0.3 is 0 Å². The van der Waals surface area contributed by atoms with Crippen LogP contribution in [0.2, 0.25) is 5.02 Å². The van der Waals surface area contributed by atoms with Crippen LogP contribution in [0, 0.1) is 5.92 Å². The summed E-state index contributed by atoms with van der Waals surface area (Å²) in [5.41, 5.74) is 0.415. The number of halogens is 1. The highest BCUT2D eigenvalue weighted by Gasteiger charge is 2.36. The maximum absolute atomic E-state index is 12.0. The molecule has 17 heavy (non-hydrogen) atoms. The number of aliphatic hydroxyl groups is 1. The molecule has 0 bridgehead atoms. The first-order valence-corrected chi connectivity index (χ1v) is 7.22. The molecular formula is C11H14ClNO3S. The van der Waals surface area contributed by atoms with Crippen molar-refractivity contribution in [1.82, 2.24) is 4.72 Å². The first-order valence-electron chi connectivity index (χ1n) is 5.35. The van der Waals surface area contributed by atoms with Crippen LogP contribution in [0.1, 0.15) is 18.9 Å². The van der Waals surface area contributed by atoms with E-state index in [2.05, 4.69) is 4.72 Å². The van der Waals surface area contributed by atoms with E-state index >= 15 is 0 Å². The van der Waals surface area contributed by atoms with Crippen molar-refractivity contribution < 1.29 is 13.5 Å². The molecule has 1 aliphatic rings. The van der Waals surface area contributed by atoms with Crippen LogP contribution in [0.5, 0.6) is 0 Å². The van der Waals surface area contributed by atoms with Crippen LogP contribution in [0.3, 0.4) is 0 Å². The van der Waals surface area contributed by atoms with E-state index in [9.17, 15) is 8.42 Å². The largest absolute Gasteiger partial charge is 0.392 e. The lowest BCUT2D eigenvalue weighted by Gasteiger charge is -2.08. The molecule has 1 aromatic carbocycles. The lowest BCUT2D eigenvalue weighted by Crippen LogP contribution is -2.26. The van der Waals surface area contributed by atoms with Gasteiger partial charge in [-0.25, -0.2) is 13.1 Å². The van der Waals surface area contributed by atoms with E-state index in [1.54, 1.807) is 0 Å². The van der Waals surface area contributed by atoms with E-state index in [0.717, 1.165) is 6.42 Å². The third-order valence-corrected chi connectivity index (χ3v) is 4.77. The Labute approximate surface area is 106 Å². The van der Waals surface area contributed by atoms with Crippen molar-refractivity contribution in [3.05, 3.63) is 28.8 Å². The van der Waals surface area contributed by atoms with Gasteiger partial charge in [-0.3, -0.25) is 0 Å². The zero-order valence-corrected chi connectivity index (χ0v) is 10.9. The minimum atomic E-state index is -3.50. The molecule has 2 atom stereocenters. The Bertz CT molecular complexity index is 530. The van der Waals surface area contributed by atoms with Crippen molar-refractivity contribution in [2.45, 2.75) is 30.9 Å². The summed E-state index contributed by atoms with van der Waals surface area (Å²) in [5, 5.41) is 9.41. The van der Waals surface area contributed by atoms with Gasteiger partial charge in [-0.15, -0.1) is 0 Å². The monoisotopic (exact) mass is 275 g/mol. The molecule has 2 rings (SSSR count). The van der Waals surface area contributed by atoms with Crippen LogP contribution in [0.25, 0.3) is 0 Å². The average molecular weight is 276 g/mol. The maximum atomic E-state index is 12.0. The Morgan fingerprint density at radius 1 is 1.53 bits per heavy atom. The Morgan fingerprint density at radius 2 is 2.18 bits per heavy atom. The zero-order chi connectivity index (χ0) is 12.6. The van der Waals surface area contributed by atoms with Gasteiger partial charge in [0.15, 0.2) is 0 Å². The predicted molar refractivity (Wildman–Crippen MR) is 65.3 cm³/mol. The molecule has 1 aromatic rings. The van der Waals surface area contributed by atoms with Gasteiger partial charge in [-0.1, -0.05) is 18.5 Å². The minimum Gasteiger partial charge on any atom is -0.392 e. The second kappa shape index (κ2) is 4.57. The highest BCUT2D eigenvalue weighted by molar-refractivity contribution is 7.89. The Hall–Kier alpha value is -0.620. The number of aliphatic hydroxyl groups excluding tert-OH is 1. The van der Waals surface area contributed by atoms with Crippen LogP contribution in [-0.2, 0) is 16.6 Å². The topological polar surface area (TPSA) is 66.4 Å². The first kappa shape index (κ1) is 12.8. The summed E-state index contributed by atoms with van der Waals surface area (Å²) in [7, 11) is -3.50. The van der Waals surface area contributed by atoms with Crippen molar-refractivity contribution in [2.75, 3.05) is 0 Å². The summed E-state index contributed by atoms with van der Waals surface area (Å²) in [5.74, 6) is 0.398. The number of hydrogen-bond donors (Lipinski definition) is 2. The molecule has 94 valence electrons. The highest BCUT2D eigenvalue weighted by atomic mass is 35.5. The molecule has 2 unspecified atom stereocenters. The first-order chi connectivity index (χ1) is 7.94. The lowest BCUT2D eigenvalue weighted by molar-refractivity contribution is 0.281. The van der Waals surface area contributed by atoms with Crippen LogP contribution in [0.15, 0.2) is 23.1 Å². The smallest absolute Gasteiger partial charge is 0.240 e. The molecule has 0 saturated heterocycles. The van der Waals surface area contributed by atoms with E-state index in [-0.39, 0.29) is 17.5 Å². The van der Waals surface area contributed by atoms with Gasteiger partial charge in [0.2, 0.25) is 10.0 Å².